The van der Waals surface area contributed by atoms with Crippen LogP contribution in [0.5, 0.6) is 0 Å². The van der Waals surface area contributed by atoms with Crippen molar-refractivity contribution in [1.82, 2.24) is 15.2 Å². The van der Waals surface area contributed by atoms with E-state index < -0.39 is 11.9 Å². The second-order valence-corrected chi connectivity index (χ2v) is 7.07. The van der Waals surface area contributed by atoms with Crippen LogP contribution < -0.4 is 5.32 Å². The first kappa shape index (κ1) is 17.2. The lowest BCUT2D eigenvalue weighted by atomic mass is 10.2. The quantitative estimate of drug-likeness (QED) is 0.892. The highest BCUT2D eigenvalue weighted by Crippen LogP contribution is 2.34. The first-order valence-electron chi connectivity index (χ1n) is 7.73. The van der Waals surface area contributed by atoms with Crippen LogP contribution in [0.4, 0.5) is 13.2 Å². The number of aromatic nitrogens is 1. The molecule has 0 aromatic carbocycles. The first-order valence-corrected chi connectivity index (χ1v) is 8.55. The lowest BCUT2D eigenvalue weighted by molar-refractivity contribution is -0.140. The fourth-order valence-corrected chi connectivity index (χ4v) is 3.69. The van der Waals surface area contributed by atoms with Crippen LogP contribution >= 0.6 is 11.3 Å². The fourth-order valence-electron chi connectivity index (χ4n) is 2.60. The molecular weight excluding hydrogens is 339 g/mol. The van der Waals surface area contributed by atoms with Crippen molar-refractivity contribution in [2.45, 2.75) is 32.0 Å². The van der Waals surface area contributed by atoms with E-state index in [9.17, 15) is 18.0 Å². The van der Waals surface area contributed by atoms with E-state index in [2.05, 4.69) is 15.2 Å². The van der Waals surface area contributed by atoms with Gasteiger partial charge in [-0.25, -0.2) is 4.98 Å². The molecule has 24 heavy (non-hydrogen) atoms. The highest BCUT2D eigenvalue weighted by molar-refractivity contribution is 7.20. The number of carbonyl (C=O) groups is 1. The molecule has 0 atom stereocenters. The Kier molecular flexibility index (Phi) is 4.52. The highest BCUT2D eigenvalue weighted by Gasteiger charge is 2.33. The summed E-state index contributed by atoms with van der Waals surface area (Å²) in [7, 11) is 2.02. The number of hydrogen-bond acceptors (Lipinski definition) is 4. The van der Waals surface area contributed by atoms with Gasteiger partial charge >= 0.3 is 6.18 Å². The number of likely N-dealkylation sites (N-methyl/N-ethyl adjacent to an activating group) is 1. The molecule has 130 valence electrons. The number of halogens is 3. The third-order valence-corrected chi connectivity index (χ3v) is 5.42. The summed E-state index contributed by atoms with van der Waals surface area (Å²) < 4.78 is 38.3. The summed E-state index contributed by atoms with van der Waals surface area (Å²) in [4.78, 5) is 18.8. The molecular formula is C16H18F3N3OS. The van der Waals surface area contributed by atoms with Gasteiger partial charge < -0.3 is 10.2 Å². The number of alkyl halides is 3. The predicted molar refractivity (Wildman–Crippen MR) is 87.3 cm³/mol. The minimum absolute atomic E-state index is 0.238. The van der Waals surface area contributed by atoms with Crippen LogP contribution in [-0.2, 0) is 6.18 Å². The van der Waals surface area contributed by atoms with Gasteiger partial charge in [-0.05, 0) is 44.5 Å². The Labute approximate surface area is 141 Å². The zero-order chi connectivity index (χ0) is 17.5. The highest BCUT2D eigenvalue weighted by atomic mass is 32.1. The number of amides is 1. The summed E-state index contributed by atoms with van der Waals surface area (Å²) in [6.07, 6.45) is -2.08. The molecule has 8 heteroatoms. The van der Waals surface area contributed by atoms with E-state index in [1.807, 2.05) is 7.05 Å². The Balaban J connectivity index is 1.73. The zero-order valence-corrected chi connectivity index (χ0v) is 14.2. The van der Waals surface area contributed by atoms with Gasteiger partial charge in [-0.15, -0.1) is 11.3 Å². The maximum Gasteiger partial charge on any atom is 0.433 e. The number of nitrogens with zero attached hydrogens (tertiary/aromatic N) is 2. The smallest absolute Gasteiger partial charge is 0.350 e. The molecule has 0 saturated heterocycles. The van der Waals surface area contributed by atoms with Crippen LogP contribution in [0.25, 0.3) is 10.2 Å². The first-order chi connectivity index (χ1) is 11.3. The Bertz CT molecular complexity index is 768. The summed E-state index contributed by atoms with van der Waals surface area (Å²) >= 11 is 1.00. The van der Waals surface area contributed by atoms with Gasteiger partial charge in [0, 0.05) is 24.5 Å². The lowest BCUT2D eigenvalue weighted by Crippen LogP contribution is -2.33. The number of hydrogen-bond donors (Lipinski definition) is 1. The van der Waals surface area contributed by atoms with Crippen LogP contribution in [-0.4, -0.2) is 42.0 Å². The summed E-state index contributed by atoms with van der Waals surface area (Å²) in [6, 6.07) is 2.96. The molecule has 1 N–H and O–H groups in total. The number of nitrogens with one attached hydrogen (secondary N) is 1. The maximum atomic E-state index is 12.8. The molecule has 2 heterocycles. The summed E-state index contributed by atoms with van der Waals surface area (Å²) in [5, 5.41) is 3.43. The molecule has 1 aliphatic rings. The number of aryl methyl sites for hydroxylation is 1. The van der Waals surface area contributed by atoms with Gasteiger partial charge in [-0.1, -0.05) is 0 Å². The van der Waals surface area contributed by atoms with Gasteiger partial charge in [0.05, 0.1) is 4.88 Å². The monoisotopic (exact) mass is 357 g/mol. The molecule has 0 radical (unpaired) electrons. The zero-order valence-electron chi connectivity index (χ0n) is 13.4. The topological polar surface area (TPSA) is 45.2 Å². The summed E-state index contributed by atoms with van der Waals surface area (Å²) in [6.45, 7) is 3.01. The molecule has 0 bridgehead atoms. The van der Waals surface area contributed by atoms with Gasteiger partial charge in [0.25, 0.3) is 5.91 Å². The molecule has 2 aromatic heterocycles. The Morgan fingerprint density at radius 3 is 2.75 bits per heavy atom. The van der Waals surface area contributed by atoms with Crippen LogP contribution in [0.2, 0.25) is 0 Å². The average Bonchev–Trinajstić information content (AvgIpc) is 3.31. The van der Waals surface area contributed by atoms with Crippen molar-refractivity contribution in [3.05, 3.63) is 28.3 Å². The van der Waals surface area contributed by atoms with Gasteiger partial charge in [-0.3, -0.25) is 4.79 Å². The van der Waals surface area contributed by atoms with E-state index in [-0.39, 0.29) is 10.7 Å². The van der Waals surface area contributed by atoms with Crippen molar-refractivity contribution >= 4 is 27.5 Å². The van der Waals surface area contributed by atoms with Crippen molar-refractivity contribution in [2.75, 3.05) is 20.1 Å². The largest absolute Gasteiger partial charge is 0.433 e. The minimum Gasteiger partial charge on any atom is -0.350 e. The van der Waals surface area contributed by atoms with E-state index in [0.29, 0.717) is 28.4 Å². The number of fused-ring (bicyclic) bond motifs is 1. The molecule has 1 amide bonds. The van der Waals surface area contributed by atoms with E-state index in [0.717, 1.165) is 23.9 Å². The third kappa shape index (κ3) is 3.54. The number of pyridine rings is 1. The second-order valence-electron chi connectivity index (χ2n) is 6.07. The molecule has 1 fully saturated rings. The van der Waals surface area contributed by atoms with E-state index in [1.54, 1.807) is 6.92 Å². The number of thiophene rings is 1. The fraction of sp³-hybridized carbons (Fsp3) is 0.500. The van der Waals surface area contributed by atoms with Crippen molar-refractivity contribution in [2.24, 2.45) is 0 Å². The predicted octanol–water partition coefficient (Wildman–Crippen LogP) is 3.45. The summed E-state index contributed by atoms with van der Waals surface area (Å²) in [5.74, 6) is -0.256. The van der Waals surface area contributed by atoms with Crippen molar-refractivity contribution in [1.29, 1.82) is 0 Å². The van der Waals surface area contributed by atoms with Crippen LogP contribution in [0.1, 0.15) is 33.8 Å². The van der Waals surface area contributed by atoms with Gasteiger partial charge in [0.2, 0.25) is 0 Å². The van der Waals surface area contributed by atoms with Gasteiger partial charge in [-0.2, -0.15) is 13.2 Å². The average molecular weight is 357 g/mol. The van der Waals surface area contributed by atoms with Crippen LogP contribution in [0.3, 0.4) is 0 Å². The van der Waals surface area contributed by atoms with Gasteiger partial charge in [0.15, 0.2) is 0 Å². The molecule has 3 rings (SSSR count). The van der Waals surface area contributed by atoms with Crippen LogP contribution in [0.15, 0.2) is 12.1 Å². The Hall–Kier alpha value is -1.67. The summed E-state index contributed by atoms with van der Waals surface area (Å²) in [5.41, 5.74) is -0.265. The van der Waals surface area contributed by atoms with Crippen molar-refractivity contribution in [3.8, 4) is 0 Å². The SMILES string of the molecule is Cc1c(C(=O)NCCN(C)C2CC2)sc2nc(C(F)(F)F)ccc12. The second kappa shape index (κ2) is 6.33. The van der Waals surface area contributed by atoms with Crippen molar-refractivity contribution in [3.63, 3.8) is 0 Å². The standard InChI is InChI=1S/C16H18F3N3OS/c1-9-11-5-6-12(16(17,18)19)21-15(11)24-13(9)14(23)20-7-8-22(2)10-3-4-10/h5-6,10H,3-4,7-8H2,1-2H3,(H,20,23). The minimum atomic E-state index is -4.48. The molecule has 1 saturated carbocycles. The van der Waals surface area contributed by atoms with E-state index >= 15 is 0 Å². The Morgan fingerprint density at radius 2 is 2.12 bits per heavy atom. The van der Waals surface area contributed by atoms with Gasteiger partial charge in [0.1, 0.15) is 10.5 Å². The maximum absolute atomic E-state index is 12.8. The lowest BCUT2D eigenvalue weighted by Gasteiger charge is -2.15. The molecule has 0 unspecified atom stereocenters. The molecule has 1 aliphatic carbocycles. The molecule has 2 aromatic rings. The van der Waals surface area contributed by atoms with E-state index in [4.69, 9.17) is 0 Å². The molecule has 0 spiro atoms. The number of carbonyl (C=O) groups excluding carboxylic acids is 1. The third-order valence-electron chi connectivity index (χ3n) is 4.22. The Morgan fingerprint density at radius 1 is 1.42 bits per heavy atom. The molecule has 0 aliphatic heterocycles. The number of rotatable bonds is 5. The molecule has 4 nitrogen and oxygen atoms in total. The van der Waals surface area contributed by atoms with Crippen molar-refractivity contribution < 1.29 is 18.0 Å². The van der Waals surface area contributed by atoms with E-state index in [1.165, 1.54) is 18.9 Å². The normalized spacial score (nSPS) is 15.2. The van der Waals surface area contributed by atoms with Crippen LogP contribution in [0, 0.1) is 6.92 Å².